The molecule has 4 unspecified atom stereocenters. The van der Waals surface area contributed by atoms with Crippen LogP contribution < -0.4 is 5.32 Å². The Morgan fingerprint density at radius 1 is 1.33 bits per heavy atom. The van der Waals surface area contributed by atoms with Crippen molar-refractivity contribution in [3.05, 3.63) is 0 Å². The van der Waals surface area contributed by atoms with E-state index in [0.717, 1.165) is 31.0 Å². The average Bonchev–Trinajstić information content (AvgIpc) is 2.85. The highest BCUT2D eigenvalue weighted by Crippen LogP contribution is 2.26. The maximum atomic E-state index is 6.01. The van der Waals surface area contributed by atoms with E-state index in [4.69, 9.17) is 4.74 Å². The van der Waals surface area contributed by atoms with Gasteiger partial charge in [-0.2, -0.15) is 11.8 Å². The molecule has 0 aliphatic carbocycles. The van der Waals surface area contributed by atoms with Crippen LogP contribution in [0.5, 0.6) is 0 Å². The lowest BCUT2D eigenvalue weighted by molar-refractivity contribution is -0.0479. The van der Waals surface area contributed by atoms with Gasteiger partial charge in [0.25, 0.3) is 0 Å². The molecule has 0 spiro atoms. The zero-order chi connectivity index (χ0) is 12.4. The predicted octanol–water partition coefficient (Wildman–Crippen LogP) is 1.72. The van der Waals surface area contributed by atoms with Crippen LogP contribution in [-0.4, -0.2) is 60.3 Å². The molecule has 0 amide bonds. The van der Waals surface area contributed by atoms with Gasteiger partial charge in [0.05, 0.1) is 12.7 Å². The summed E-state index contributed by atoms with van der Waals surface area (Å²) in [6.45, 7) is 6.80. The molecule has 3 heterocycles. The van der Waals surface area contributed by atoms with E-state index in [2.05, 4.69) is 28.9 Å². The molecule has 3 nitrogen and oxygen atoms in total. The van der Waals surface area contributed by atoms with Crippen LogP contribution in [0.25, 0.3) is 0 Å². The van der Waals surface area contributed by atoms with E-state index in [1.807, 2.05) is 0 Å². The number of fused-ring (bicyclic) bond motifs is 1. The van der Waals surface area contributed by atoms with Crippen molar-refractivity contribution in [3.63, 3.8) is 0 Å². The van der Waals surface area contributed by atoms with Gasteiger partial charge in [0.1, 0.15) is 0 Å². The van der Waals surface area contributed by atoms with Gasteiger partial charge in [-0.15, -0.1) is 0 Å². The molecule has 4 heteroatoms. The number of morpholine rings is 1. The molecule has 1 N–H and O–H groups in total. The molecule has 0 aromatic carbocycles. The Labute approximate surface area is 115 Å². The van der Waals surface area contributed by atoms with E-state index in [-0.39, 0.29) is 0 Å². The topological polar surface area (TPSA) is 24.5 Å². The third-order valence-electron chi connectivity index (χ3n) is 4.68. The minimum absolute atomic E-state index is 0.415. The monoisotopic (exact) mass is 270 g/mol. The molecule has 0 bridgehead atoms. The lowest BCUT2D eigenvalue weighted by Gasteiger charge is -2.37. The Kier molecular flexibility index (Phi) is 4.50. The predicted molar refractivity (Wildman–Crippen MR) is 77.3 cm³/mol. The van der Waals surface area contributed by atoms with E-state index < -0.39 is 0 Å². The number of thioether (sulfide) groups is 1. The molecule has 0 saturated carbocycles. The van der Waals surface area contributed by atoms with Crippen molar-refractivity contribution in [1.82, 2.24) is 10.2 Å². The summed E-state index contributed by atoms with van der Waals surface area (Å²) in [5, 5.41) is 4.51. The Balaban J connectivity index is 1.43. The molecule has 3 aliphatic rings. The first-order valence-corrected chi connectivity index (χ1v) is 8.58. The lowest BCUT2D eigenvalue weighted by atomic mass is 10.1. The summed E-state index contributed by atoms with van der Waals surface area (Å²) in [4.78, 5) is 2.63. The van der Waals surface area contributed by atoms with Crippen LogP contribution >= 0.6 is 11.8 Å². The van der Waals surface area contributed by atoms with Gasteiger partial charge < -0.3 is 10.1 Å². The van der Waals surface area contributed by atoms with E-state index >= 15 is 0 Å². The summed E-state index contributed by atoms with van der Waals surface area (Å²) in [5.41, 5.74) is 0. The normalized spacial score (nSPS) is 41.8. The number of nitrogens with zero attached hydrogens (tertiary/aromatic N) is 1. The molecule has 3 saturated heterocycles. The molecule has 0 aromatic heterocycles. The van der Waals surface area contributed by atoms with E-state index in [9.17, 15) is 0 Å². The Bertz CT molecular complexity index is 277. The van der Waals surface area contributed by atoms with Crippen LogP contribution in [0.15, 0.2) is 0 Å². The Morgan fingerprint density at radius 3 is 3.17 bits per heavy atom. The maximum absolute atomic E-state index is 6.01. The van der Waals surface area contributed by atoms with Crippen LogP contribution in [0, 0.1) is 0 Å². The fourth-order valence-corrected chi connectivity index (χ4v) is 4.65. The van der Waals surface area contributed by atoms with Gasteiger partial charge >= 0.3 is 0 Å². The molecule has 104 valence electrons. The second kappa shape index (κ2) is 6.12. The molecule has 3 rings (SSSR count). The highest BCUT2D eigenvalue weighted by molar-refractivity contribution is 7.99. The minimum Gasteiger partial charge on any atom is -0.374 e. The third-order valence-corrected chi connectivity index (χ3v) is 6.05. The lowest BCUT2D eigenvalue weighted by Crippen LogP contribution is -2.51. The van der Waals surface area contributed by atoms with Crippen molar-refractivity contribution in [2.75, 3.05) is 32.0 Å². The third kappa shape index (κ3) is 3.03. The molecule has 3 aliphatic heterocycles. The van der Waals surface area contributed by atoms with Crippen molar-refractivity contribution >= 4 is 11.8 Å². The molecular weight excluding hydrogens is 244 g/mol. The number of rotatable bonds is 3. The summed E-state index contributed by atoms with van der Waals surface area (Å²) in [7, 11) is 0. The zero-order valence-corrected chi connectivity index (χ0v) is 12.3. The first-order valence-electron chi connectivity index (χ1n) is 7.53. The standard InChI is InChI=1S/C14H26N2OS/c1-11-14(5-3-7-18-11)15-8-13-9-16-6-2-4-12(16)10-17-13/h11-15H,2-10H2,1H3. The van der Waals surface area contributed by atoms with E-state index in [1.165, 1.54) is 38.0 Å². The van der Waals surface area contributed by atoms with Crippen LogP contribution in [0.3, 0.4) is 0 Å². The van der Waals surface area contributed by atoms with Gasteiger partial charge in [-0.25, -0.2) is 0 Å². The summed E-state index contributed by atoms with van der Waals surface area (Å²) in [6.07, 6.45) is 5.83. The Morgan fingerprint density at radius 2 is 2.28 bits per heavy atom. The van der Waals surface area contributed by atoms with Crippen molar-refractivity contribution in [2.45, 2.75) is 56.0 Å². The van der Waals surface area contributed by atoms with Crippen LogP contribution in [0.1, 0.15) is 32.6 Å². The van der Waals surface area contributed by atoms with Crippen LogP contribution in [-0.2, 0) is 4.74 Å². The highest BCUT2D eigenvalue weighted by Gasteiger charge is 2.32. The van der Waals surface area contributed by atoms with Crippen molar-refractivity contribution in [1.29, 1.82) is 0 Å². The SMILES string of the molecule is CC1SCCCC1NCC1CN2CCCC2CO1. The number of hydrogen-bond donors (Lipinski definition) is 1. The van der Waals surface area contributed by atoms with Crippen LogP contribution in [0.4, 0.5) is 0 Å². The fraction of sp³-hybridized carbons (Fsp3) is 1.00. The zero-order valence-electron chi connectivity index (χ0n) is 11.4. The second-order valence-corrected chi connectivity index (χ2v) is 7.46. The summed E-state index contributed by atoms with van der Waals surface area (Å²) in [5.74, 6) is 1.34. The first kappa shape index (κ1) is 13.2. The highest BCUT2D eigenvalue weighted by atomic mass is 32.2. The van der Waals surface area contributed by atoms with Gasteiger partial charge in [-0.05, 0) is 38.0 Å². The van der Waals surface area contributed by atoms with Crippen molar-refractivity contribution in [2.24, 2.45) is 0 Å². The molecule has 0 aromatic rings. The number of hydrogen-bond acceptors (Lipinski definition) is 4. The molecule has 18 heavy (non-hydrogen) atoms. The largest absolute Gasteiger partial charge is 0.374 e. The number of ether oxygens (including phenoxy) is 1. The quantitative estimate of drug-likeness (QED) is 0.844. The first-order chi connectivity index (χ1) is 8.83. The summed E-state index contributed by atoms with van der Waals surface area (Å²) >= 11 is 2.11. The van der Waals surface area contributed by atoms with Crippen LogP contribution in [0.2, 0.25) is 0 Å². The molecular formula is C14H26N2OS. The van der Waals surface area contributed by atoms with Crippen molar-refractivity contribution < 1.29 is 4.74 Å². The van der Waals surface area contributed by atoms with E-state index in [1.54, 1.807) is 0 Å². The molecule has 3 fully saturated rings. The Hall–Kier alpha value is 0.230. The minimum atomic E-state index is 0.415. The summed E-state index contributed by atoms with van der Waals surface area (Å²) < 4.78 is 6.01. The summed E-state index contributed by atoms with van der Waals surface area (Å²) in [6, 6.07) is 1.43. The van der Waals surface area contributed by atoms with Gasteiger partial charge in [-0.3, -0.25) is 4.90 Å². The molecule has 4 atom stereocenters. The number of nitrogens with one attached hydrogen (secondary N) is 1. The average molecular weight is 270 g/mol. The van der Waals surface area contributed by atoms with Gasteiger partial charge in [-0.1, -0.05) is 6.92 Å². The smallest absolute Gasteiger partial charge is 0.0827 e. The van der Waals surface area contributed by atoms with Gasteiger partial charge in [0.15, 0.2) is 0 Å². The maximum Gasteiger partial charge on any atom is 0.0827 e. The van der Waals surface area contributed by atoms with Gasteiger partial charge in [0, 0.05) is 30.4 Å². The van der Waals surface area contributed by atoms with E-state index in [0.29, 0.717) is 12.1 Å². The van der Waals surface area contributed by atoms with Gasteiger partial charge in [0.2, 0.25) is 0 Å². The van der Waals surface area contributed by atoms with Crippen molar-refractivity contribution in [3.8, 4) is 0 Å². The fourth-order valence-electron chi connectivity index (χ4n) is 3.48. The molecule has 0 radical (unpaired) electrons. The second-order valence-electron chi connectivity index (χ2n) is 5.98.